The van der Waals surface area contributed by atoms with Crippen molar-refractivity contribution in [3.8, 4) is 11.3 Å². The summed E-state index contributed by atoms with van der Waals surface area (Å²) < 4.78 is 1.32. The molecule has 7 heteroatoms. The number of rotatable bonds is 4. The number of nitrogens with zero attached hydrogens (tertiary/aromatic N) is 3. The Balaban J connectivity index is 1.87. The molecule has 0 aliphatic carbocycles. The Morgan fingerprint density at radius 3 is 2.10 bits per heavy atom. The van der Waals surface area contributed by atoms with Crippen molar-refractivity contribution < 1.29 is 0 Å². The Hall–Kier alpha value is -2.85. The van der Waals surface area contributed by atoms with Crippen LogP contribution < -0.4 is 21.5 Å². The Bertz CT molecular complexity index is 1400. The van der Waals surface area contributed by atoms with Crippen LogP contribution in [0.15, 0.2) is 101 Å². The second-order valence-corrected chi connectivity index (χ2v) is 15.2. The van der Waals surface area contributed by atoms with Crippen LogP contribution in [0.3, 0.4) is 0 Å². The van der Waals surface area contributed by atoms with Crippen LogP contribution in [0.4, 0.5) is 0 Å². The second kappa shape index (κ2) is 7.38. The quantitative estimate of drug-likeness (QED) is 0.370. The van der Waals surface area contributed by atoms with E-state index in [2.05, 4.69) is 42.1 Å². The third-order valence-electron chi connectivity index (χ3n) is 5.68. The molecule has 5 aromatic rings. The van der Waals surface area contributed by atoms with E-state index in [4.69, 9.17) is 16.2 Å². The zero-order valence-electron chi connectivity index (χ0n) is 16.7. The molecule has 2 aromatic heterocycles. The molecule has 0 atom stereocenters. The Morgan fingerprint density at radius 2 is 1.45 bits per heavy atom. The van der Waals surface area contributed by atoms with E-state index in [1.165, 1.54) is 21.9 Å². The number of benzene rings is 3. The average Bonchev–Trinajstić information content (AvgIpc) is 3.30. The SMILES string of the molecule is CP(Cl)(c1ccccc1)(c1ccccc1)c1ccccc1-c1cc(=O)n2ncsc2n1. The Labute approximate surface area is 188 Å². The predicted octanol–water partition coefficient (Wildman–Crippen LogP) is 4.43. The molecule has 0 fully saturated rings. The number of hydrogen-bond acceptors (Lipinski definition) is 4. The van der Waals surface area contributed by atoms with E-state index in [9.17, 15) is 4.79 Å². The first kappa shape index (κ1) is 20.1. The van der Waals surface area contributed by atoms with Gasteiger partial charge in [-0.25, -0.2) is 0 Å². The molecule has 0 bridgehead atoms. The average molecular weight is 464 g/mol. The molecular weight excluding hydrogens is 445 g/mol. The number of fused-ring (bicyclic) bond motifs is 1. The van der Waals surface area contributed by atoms with Crippen LogP contribution in [0, 0.1) is 0 Å². The van der Waals surface area contributed by atoms with Crippen molar-refractivity contribution in [3.05, 3.63) is 107 Å². The summed E-state index contributed by atoms with van der Waals surface area (Å²) in [5.74, 6) is -3.37. The molecule has 154 valence electrons. The van der Waals surface area contributed by atoms with Gasteiger partial charge in [0.05, 0.1) is 0 Å². The van der Waals surface area contributed by atoms with Crippen molar-refractivity contribution in [3.63, 3.8) is 0 Å². The fourth-order valence-corrected chi connectivity index (χ4v) is 9.60. The molecule has 2 heterocycles. The van der Waals surface area contributed by atoms with Gasteiger partial charge in [-0.2, -0.15) is 0 Å². The van der Waals surface area contributed by atoms with Crippen LogP contribution in [0.1, 0.15) is 0 Å². The van der Waals surface area contributed by atoms with E-state index in [-0.39, 0.29) is 5.56 Å². The van der Waals surface area contributed by atoms with Gasteiger partial charge in [-0.15, -0.1) is 0 Å². The zero-order chi connectivity index (χ0) is 21.5. The van der Waals surface area contributed by atoms with Gasteiger partial charge in [0.1, 0.15) is 0 Å². The van der Waals surface area contributed by atoms with Crippen molar-refractivity contribution in [1.29, 1.82) is 0 Å². The fourth-order valence-electron chi connectivity index (χ4n) is 4.04. The minimum absolute atomic E-state index is 0.207. The predicted molar refractivity (Wildman–Crippen MR) is 133 cm³/mol. The van der Waals surface area contributed by atoms with E-state index in [0.717, 1.165) is 21.5 Å². The molecule has 4 nitrogen and oxygen atoms in total. The van der Waals surface area contributed by atoms with E-state index < -0.39 is 5.96 Å². The van der Waals surface area contributed by atoms with Gasteiger partial charge in [0.25, 0.3) is 0 Å². The van der Waals surface area contributed by atoms with Crippen LogP contribution >= 0.6 is 28.5 Å². The molecule has 0 radical (unpaired) electrons. The van der Waals surface area contributed by atoms with Crippen molar-refractivity contribution in [2.24, 2.45) is 0 Å². The molecule has 0 saturated carbocycles. The van der Waals surface area contributed by atoms with E-state index in [1.54, 1.807) is 5.51 Å². The maximum absolute atomic E-state index is 12.7. The van der Waals surface area contributed by atoms with Crippen molar-refractivity contribution in [1.82, 2.24) is 14.6 Å². The van der Waals surface area contributed by atoms with Gasteiger partial charge in [-0.3, -0.25) is 0 Å². The fraction of sp³-hybridized carbons (Fsp3) is 0.0417. The third-order valence-corrected chi connectivity index (χ3v) is 12.7. The zero-order valence-corrected chi connectivity index (χ0v) is 19.2. The summed E-state index contributed by atoms with van der Waals surface area (Å²) in [6.45, 7) is 2.15. The molecule has 3 aromatic carbocycles. The minimum atomic E-state index is -3.37. The molecule has 0 N–H and O–H groups in total. The number of hydrogen-bond donors (Lipinski definition) is 0. The van der Waals surface area contributed by atoms with Crippen LogP contribution in [0.2, 0.25) is 0 Å². The molecule has 0 aliphatic heterocycles. The molecule has 0 aliphatic rings. The van der Waals surface area contributed by atoms with Gasteiger partial charge in [-0.05, 0) is 0 Å². The van der Waals surface area contributed by atoms with Crippen LogP contribution in [-0.2, 0) is 0 Å². The van der Waals surface area contributed by atoms with Crippen LogP contribution in [0.25, 0.3) is 16.2 Å². The van der Waals surface area contributed by atoms with Crippen molar-refractivity contribution in [2.45, 2.75) is 0 Å². The molecule has 31 heavy (non-hydrogen) atoms. The summed E-state index contributed by atoms with van der Waals surface area (Å²) in [5, 5.41) is 7.17. The summed E-state index contributed by atoms with van der Waals surface area (Å²) in [6, 6.07) is 29.9. The van der Waals surface area contributed by atoms with Gasteiger partial charge in [0.15, 0.2) is 0 Å². The van der Waals surface area contributed by atoms with Crippen molar-refractivity contribution in [2.75, 3.05) is 6.66 Å². The van der Waals surface area contributed by atoms with Crippen molar-refractivity contribution >= 4 is 49.4 Å². The Kier molecular flexibility index (Phi) is 4.78. The molecule has 0 amide bonds. The standard InChI is InChI=1S/C24H19ClN3OPS/c1-30(25,18-10-4-2-5-11-18,19-12-6-3-7-13-19)22-15-9-8-14-20(22)21-16-23(29)28-24(27-21)31-17-26-28/h2-17H,1H3. The first-order chi connectivity index (χ1) is 15.0. The topological polar surface area (TPSA) is 47.3 Å². The third kappa shape index (κ3) is 3.12. The second-order valence-electron chi connectivity index (χ2n) is 7.53. The molecule has 0 unspecified atom stereocenters. The summed E-state index contributed by atoms with van der Waals surface area (Å²) in [7, 11) is 0. The van der Waals surface area contributed by atoms with E-state index in [1.807, 2.05) is 54.6 Å². The first-order valence-electron chi connectivity index (χ1n) is 9.76. The summed E-state index contributed by atoms with van der Waals surface area (Å²) >= 11 is 9.21. The van der Waals surface area contributed by atoms with Gasteiger partial charge >= 0.3 is 189 Å². The van der Waals surface area contributed by atoms with Gasteiger partial charge < -0.3 is 0 Å². The normalized spacial score (nSPS) is 13.0. The summed E-state index contributed by atoms with van der Waals surface area (Å²) in [6.07, 6.45) is 0. The molecule has 0 saturated heterocycles. The number of aromatic nitrogens is 3. The maximum atomic E-state index is 12.7. The van der Waals surface area contributed by atoms with Gasteiger partial charge in [0.2, 0.25) is 0 Å². The van der Waals surface area contributed by atoms with Gasteiger partial charge in [0, 0.05) is 0 Å². The molecular formula is C24H19ClN3OPS. The van der Waals surface area contributed by atoms with Crippen LogP contribution in [-0.4, -0.2) is 21.3 Å². The molecule has 0 spiro atoms. The summed E-state index contributed by atoms with van der Waals surface area (Å²) in [4.78, 5) is 18.0. The first-order valence-corrected chi connectivity index (χ1v) is 14.2. The van der Waals surface area contributed by atoms with Crippen LogP contribution in [0.5, 0.6) is 0 Å². The summed E-state index contributed by atoms with van der Waals surface area (Å²) in [5.41, 5.74) is 2.88. The molecule has 5 rings (SSSR count). The van der Waals surface area contributed by atoms with Gasteiger partial charge in [-0.1, -0.05) is 0 Å². The monoisotopic (exact) mass is 463 g/mol. The Morgan fingerprint density at radius 1 is 0.871 bits per heavy atom. The van der Waals surface area contributed by atoms with E-state index >= 15 is 0 Å². The number of halogens is 1. The van der Waals surface area contributed by atoms with E-state index in [0.29, 0.717) is 10.7 Å².